The predicted octanol–water partition coefficient (Wildman–Crippen LogP) is -0.104. The monoisotopic (exact) mass is 367 g/mol. The van der Waals surface area contributed by atoms with Crippen molar-refractivity contribution in [2.75, 3.05) is 21.1 Å². The van der Waals surface area contributed by atoms with E-state index in [-0.39, 0.29) is 20.1 Å². The van der Waals surface area contributed by atoms with Gasteiger partial charge in [0.05, 0.1) is 21.1 Å². The molecule has 0 aromatic heterocycles. The summed E-state index contributed by atoms with van der Waals surface area (Å²) < 4.78 is 18.3. The Morgan fingerprint density at radius 2 is 1.20 bits per heavy atom. The SMILES string of the molecule is C[N+](C)(C)C(Cl)(P(=O)(O)O)P(=O)(O)O.[99Tc]. The maximum atomic E-state index is 11.0. The minimum absolute atomic E-state index is 0. The third-order valence-corrected chi connectivity index (χ3v) is 7.67. The van der Waals surface area contributed by atoms with Gasteiger partial charge in [-0.05, 0) is 11.6 Å². The van der Waals surface area contributed by atoms with Gasteiger partial charge in [-0.3, -0.25) is 13.6 Å². The van der Waals surface area contributed by atoms with Crippen LogP contribution in [0.5, 0.6) is 0 Å². The number of rotatable bonds is 3. The Labute approximate surface area is 106 Å². The zero-order chi connectivity index (χ0) is 12.0. The average Bonchev–Trinajstić information content (AvgIpc) is 1.77. The predicted molar refractivity (Wildman–Crippen MR) is 50.7 cm³/mol. The number of nitrogens with zero attached hydrogens (tertiary/aromatic N) is 1. The quantitative estimate of drug-likeness (QED) is 0.240. The van der Waals surface area contributed by atoms with E-state index >= 15 is 0 Å². The van der Waals surface area contributed by atoms with Gasteiger partial charge in [-0.2, -0.15) is 0 Å². The van der Waals surface area contributed by atoms with Crippen LogP contribution in [0.4, 0.5) is 0 Å². The smallest absolute Gasteiger partial charge is 0.319 e. The minimum atomic E-state index is -5.16. The van der Waals surface area contributed by atoms with Crippen LogP contribution in [-0.4, -0.2) is 49.7 Å². The second kappa shape index (κ2) is 4.83. The summed E-state index contributed by atoms with van der Waals surface area (Å²) >= 11 is 5.41. The summed E-state index contributed by atoms with van der Waals surface area (Å²) in [6.45, 7) is 0. The van der Waals surface area contributed by atoms with Crippen LogP contribution in [0.3, 0.4) is 0 Å². The summed E-state index contributed by atoms with van der Waals surface area (Å²) in [5, 5.41) is 0. The fourth-order valence-corrected chi connectivity index (χ4v) is 3.87. The van der Waals surface area contributed by atoms with Crippen molar-refractivity contribution < 1.29 is 53.3 Å². The molecule has 0 aromatic rings. The van der Waals surface area contributed by atoms with Gasteiger partial charge in [0.2, 0.25) is 0 Å². The van der Waals surface area contributed by atoms with Crippen molar-refractivity contribution in [2.24, 2.45) is 0 Å². The van der Waals surface area contributed by atoms with Crippen molar-refractivity contribution in [1.29, 1.82) is 0 Å². The third-order valence-electron chi connectivity index (χ3n) is 1.59. The Balaban J connectivity index is 0. The second-order valence-corrected chi connectivity index (χ2v) is 8.55. The fraction of sp³-hybridized carbons (Fsp3) is 1.00. The van der Waals surface area contributed by atoms with Gasteiger partial charge in [0.1, 0.15) is 0 Å². The molecule has 0 fully saturated rings. The van der Waals surface area contributed by atoms with Crippen molar-refractivity contribution in [3.05, 3.63) is 0 Å². The summed E-state index contributed by atoms with van der Waals surface area (Å²) in [4.78, 5) is 35.5. The van der Waals surface area contributed by atoms with E-state index in [0.717, 1.165) is 0 Å². The molecule has 15 heavy (non-hydrogen) atoms. The molecule has 0 bridgehead atoms. The van der Waals surface area contributed by atoms with Crippen molar-refractivity contribution in [3.63, 3.8) is 0 Å². The summed E-state index contributed by atoms with van der Waals surface area (Å²) in [6, 6.07) is 0. The molecule has 0 unspecified atom stereocenters. The molecule has 0 aliphatic heterocycles. The van der Waals surface area contributed by atoms with Gasteiger partial charge in [0.15, 0.2) is 0 Å². The van der Waals surface area contributed by atoms with Crippen molar-refractivity contribution in [3.8, 4) is 0 Å². The maximum Gasteiger partial charge on any atom is 0.415 e. The van der Waals surface area contributed by atoms with E-state index < -0.39 is 24.2 Å². The van der Waals surface area contributed by atoms with Gasteiger partial charge in [0.25, 0.3) is 0 Å². The Hall–Kier alpha value is 1.20. The Kier molecular flexibility index (Phi) is 5.97. The molecule has 93 valence electrons. The van der Waals surface area contributed by atoms with Crippen LogP contribution in [0, 0.1) is 0 Å². The van der Waals surface area contributed by atoms with Crippen molar-refractivity contribution in [1.82, 2.24) is 0 Å². The first-order chi connectivity index (χ1) is 5.75. The topological polar surface area (TPSA) is 115 Å². The summed E-state index contributed by atoms with van der Waals surface area (Å²) in [6.07, 6.45) is 0. The van der Waals surface area contributed by atoms with E-state index in [2.05, 4.69) is 0 Å². The van der Waals surface area contributed by atoms with Crippen LogP contribution < -0.4 is 0 Å². The molecule has 4 N–H and O–H groups in total. The van der Waals surface area contributed by atoms with Gasteiger partial charge >= 0.3 is 19.7 Å². The molecular formula is C4H13ClNO6P2Tc+. The van der Waals surface area contributed by atoms with Gasteiger partial charge in [0, 0.05) is 20.1 Å². The molecular weight excluding hydrogens is 354 g/mol. The maximum absolute atomic E-state index is 11.0. The molecule has 0 aliphatic carbocycles. The Morgan fingerprint density at radius 3 is 1.20 bits per heavy atom. The van der Waals surface area contributed by atoms with E-state index in [1.165, 1.54) is 21.1 Å². The first-order valence-corrected chi connectivity index (χ1v) is 6.97. The molecule has 0 rings (SSSR count). The van der Waals surface area contributed by atoms with Crippen LogP contribution in [-0.2, 0) is 29.2 Å². The molecule has 0 amide bonds. The van der Waals surface area contributed by atoms with Crippen LogP contribution in [0.1, 0.15) is 0 Å². The first kappa shape index (κ1) is 18.6. The van der Waals surface area contributed by atoms with Crippen LogP contribution in [0.15, 0.2) is 0 Å². The number of hydrogen-bond acceptors (Lipinski definition) is 2. The first-order valence-electron chi connectivity index (χ1n) is 3.37. The van der Waals surface area contributed by atoms with Crippen molar-refractivity contribution >= 4 is 26.8 Å². The standard InChI is InChI=1S/C4H12ClNO6P2.Tc/c1-6(2,3)4(5,13(7,8)9)14(10,11)12;/h1-3H3,(H3-,7,8,9,10,11,12);/p+1/i;1+1. The van der Waals surface area contributed by atoms with Gasteiger partial charge in [-0.25, -0.2) is 0 Å². The summed E-state index contributed by atoms with van der Waals surface area (Å²) in [7, 11) is -6.76. The van der Waals surface area contributed by atoms with Gasteiger partial charge in [-0.15, -0.1) is 0 Å². The minimum Gasteiger partial charge on any atom is -0.319 e. The molecule has 0 spiro atoms. The van der Waals surface area contributed by atoms with Crippen molar-refractivity contribution in [2.45, 2.75) is 4.48 Å². The van der Waals surface area contributed by atoms with Crippen LogP contribution in [0.25, 0.3) is 0 Å². The third kappa shape index (κ3) is 3.33. The molecule has 0 aliphatic rings. The molecule has 0 saturated heterocycles. The Bertz CT molecular complexity index is 296. The molecule has 7 nitrogen and oxygen atoms in total. The van der Waals surface area contributed by atoms with E-state index in [9.17, 15) is 9.13 Å². The molecule has 1 radical (unpaired) electrons. The number of hydrogen-bond donors (Lipinski definition) is 4. The van der Waals surface area contributed by atoms with E-state index in [4.69, 9.17) is 31.2 Å². The van der Waals surface area contributed by atoms with E-state index in [1.54, 1.807) is 0 Å². The van der Waals surface area contributed by atoms with E-state index in [1.807, 2.05) is 0 Å². The largest absolute Gasteiger partial charge is 0.415 e. The number of alkyl halides is 1. The fourth-order valence-electron chi connectivity index (χ4n) is 0.951. The number of halogens is 1. The van der Waals surface area contributed by atoms with Gasteiger partial charge < -0.3 is 19.6 Å². The zero-order valence-corrected chi connectivity index (χ0v) is 12.6. The normalized spacial score (nSPS) is 14.7. The zero-order valence-electron chi connectivity index (χ0n) is 8.20. The summed E-state index contributed by atoms with van der Waals surface area (Å²) in [5.74, 6) is 0. The second-order valence-electron chi connectivity index (χ2n) is 3.65. The van der Waals surface area contributed by atoms with Crippen LogP contribution in [0.2, 0.25) is 0 Å². The van der Waals surface area contributed by atoms with Crippen LogP contribution >= 0.6 is 26.8 Å². The molecule has 0 atom stereocenters. The van der Waals surface area contributed by atoms with Gasteiger partial charge in [-0.1, -0.05) is 0 Å². The summed E-state index contributed by atoms with van der Waals surface area (Å²) in [5.41, 5.74) is 0. The molecule has 0 aromatic carbocycles. The number of quaternary nitrogens is 1. The Morgan fingerprint density at radius 1 is 1.00 bits per heavy atom. The molecule has 0 heterocycles. The molecule has 0 saturated carbocycles. The average molecular weight is 367 g/mol. The molecule has 11 heteroatoms. The van der Waals surface area contributed by atoms with E-state index in [0.29, 0.717) is 0 Å².